The van der Waals surface area contributed by atoms with E-state index in [0.29, 0.717) is 56.8 Å². The molecule has 2 N–H and O–H groups in total. The molecule has 4 unspecified atom stereocenters. The maximum atomic E-state index is 11.4. The van der Waals surface area contributed by atoms with Crippen LogP contribution in [-0.4, -0.2) is 94.6 Å². The van der Waals surface area contributed by atoms with Crippen LogP contribution in [0.3, 0.4) is 0 Å². The molecule has 0 aliphatic carbocycles. The molecular formula is C58H110IO13PW6-6. The smallest absolute Gasteiger partial charge is 0.337 e. The van der Waals surface area contributed by atoms with Gasteiger partial charge in [-0.3, -0.25) is 28.5 Å². The van der Waals surface area contributed by atoms with E-state index in [1.807, 2.05) is 33.8 Å². The van der Waals surface area contributed by atoms with Crippen LogP contribution in [-0.2, 0) is 178 Å². The van der Waals surface area contributed by atoms with Gasteiger partial charge in [-0.05, 0) is 50.5 Å². The zero-order chi connectivity index (χ0) is 56.9. The second-order valence-electron chi connectivity index (χ2n) is 17.2. The molecular weight excluding hydrogens is 2170 g/mol. The van der Waals surface area contributed by atoms with Crippen molar-refractivity contribution in [3.63, 3.8) is 0 Å². The summed E-state index contributed by atoms with van der Waals surface area (Å²) in [5.74, 6) is 0.248. The molecule has 0 aromatic carbocycles. The minimum Gasteiger partial charge on any atom is -0.481 e. The molecule has 0 aromatic heterocycles. The van der Waals surface area contributed by atoms with Gasteiger partial charge in [-0.2, -0.15) is 38.5 Å². The number of ether oxygens (including phenoxy) is 3. The molecule has 0 heterocycles. The van der Waals surface area contributed by atoms with Gasteiger partial charge in [-0.15, -0.1) is 24.0 Å². The van der Waals surface area contributed by atoms with Gasteiger partial charge in [0.25, 0.3) is 0 Å². The molecule has 0 saturated heterocycles. The van der Waals surface area contributed by atoms with Crippen LogP contribution in [0.5, 0.6) is 0 Å². The number of aliphatic hydroxyl groups excluding tert-OH is 1. The normalized spacial score (nSPS) is 11.2. The van der Waals surface area contributed by atoms with Gasteiger partial charge in [0.2, 0.25) is 0 Å². The zero-order valence-corrected chi connectivity index (χ0v) is 71.4. The molecule has 0 radical (unpaired) electrons. The summed E-state index contributed by atoms with van der Waals surface area (Å²) in [6, 6.07) is 0. The van der Waals surface area contributed by atoms with Crippen molar-refractivity contribution in [2.75, 3.05) is 48.8 Å². The monoisotopic (exact) mass is 2280 g/mol. The molecule has 474 valence electrons. The van der Waals surface area contributed by atoms with Gasteiger partial charge >= 0.3 is 25.5 Å². The molecule has 0 aromatic rings. The Labute approximate surface area is 588 Å². The number of rotatable bonds is 35. The second kappa shape index (κ2) is 96.2. The molecule has 79 heavy (non-hydrogen) atoms. The first-order valence-corrected chi connectivity index (χ1v) is 27.8. The summed E-state index contributed by atoms with van der Waals surface area (Å²) in [6.07, 6.45) is 33.6. The fourth-order valence-electron chi connectivity index (χ4n) is 5.63. The molecule has 13 nitrogen and oxygen atoms in total. The fraction of sp³-hybridized carbons (Fsp3) is 0.707. The molecule has 0 rings (SSSR count). The minimum atomic E-state index is -3.15. The maximum absolute atomic E-state index is 11.4. The van der Waals surface area contributed by atoms with Crippen molar-refractivity contribution in [1.82, 2.24) is 0 Å². The maximum Gasteiger partial charge on any atom is 0.337 e. The van der Waals surface area contributed by atoms with Crippen LogP contribution in [0.4, 0.5) is 0 Å². The number of carboxylic acids is 1. The van der Waals surface area contributed by atoms with Crippen molar-refractivity contribution < 1.29 is 188 Å². The summed E-state index contributed by atoms with van der Waals surface area (Å²) < 4.78 is 34.1. The van der Waals surface area contributed by atoms with E-state index in [-0.39, 0.29) is 192 Å². The van der Waals surface area contributed by atoms with Crippen LogP contribution in [0.2, 0.25) is 0 Å². The summed E-state index contributed by atoms with van der Waals surface area (Å²) >= 11 is 0. The molecule has 0 bridgehead atoms. The third-order valence-electron chi connectivity index (χ3n) is 9.78. The summed E-state index contributed by atoms with van der Waals surface area (Å²) in [5.41, 5.74) is 0. The van der Waals surface area contributed by atoms with Crippen LogP contribution in [0.1, 0.15) is 195 Å². The number of carboxylic acid groups (broad SMARTS) is 1. The summed E-state index contributed by atoms with van der Waals surface area (Å²) in [7, 11) is 5.52. The van der Waals surface area contributed by atoms with E-state index in [0.717, 1.165) is 83.5 Å². The SMILES string of the molecule is COC.I.[CH2-]CCC/C=C/C(C)CC(=O)OC.[CH2-]CCCC(=O)/C=C/C.[CH2-]CCCC(=O)CP(=O)(OC)OC.[CH2-]CCCC(O)/C=C/C.[CH2-]CCCCCC(C)CC(=O)O.[CH2-]CCCCCC(C)CC(=O)OC.[W].[W].[W].[W].[W].[W]. The number of aliphatic carboxylic acids is 1. The molecule has 4 atom stereocenters. The Kier molecular flexibility index (Phi) is 141. The van der Waals surface area contributed by atoms with Gasteiger partial charge in [-0.1, -0.05) is 128 Å². The van der Waals surface area contributed by atoms with Crippen LogP contribution < -0.4 is 0 Å². The third kappa shape index (κ3) is 115. The Hall–Kier alpha value is 1.90. The number of Topliss-reactive ketones (excluding diaryl/α,β-unsaturated/α-hetero) is 1. The van der Waals surface area contributed by atoms with Crippen molar-refractivity contribution in [3.05, 3.63) is 78.0 Å². The van der Waals surface area contributed by atoms with Crippen molar-refractivity contribution in [2.24, 2.45) is 17.8 Å². The predicted molar refractivity (Wildman–Crippen MR) is 316 cm³/mol. The molecule has 0 aliphatic rings. The van der Waals surface area contributed by atoms with E-state index in [1.54, 1.807) is 32.4 Å². The number of unbranched alkanes of at least 4 members (excludes halogenated alkanes) is 11. The average Bonchev–Trinajstić information content (AvgIpc) is 3.34. The number of carbonyl (C=O) groups excluding carboxylic acids is 4. The van der Waals surface area contributed by atoms with Gasteiger partial charge in [0, 0.05) is 181 Å². The predicted octanol–water partition coefficient (Wildman–Crippen LogP) is 15.6. The summed E-state index contributed by atoms with van der Waals surface area (Å²) in [6.45, 7) is 32.1. The van der Waals surface area contributed by atoms with Crippen molar-refractivity contribution in [1.29, 1.82) is 0 Å². The van der Waals surface area contributed by atoms with Crippen LogP contribution in [0.15, 0.2) is 36.5 Å². The second-order valence-corrected chi connectivity index (χ2v) is 19.5. The van der Waals surface area contributed by atoms with Crippen molar-refractivity contribution in [3.8, 4) is 0 Å². The first kappa shape index (κ1) is 115. The zero-order valence-electron chi connectivity index (χ0n) is 50.6. The van der Waals surface area contributed by atoms with Gasteiger partial charge in [0.05, 0.1) is 26.7 Å². The average molecular weight is 2280 g/mol. The summed E-state index contributed by atoms with van der Waals surface area (Å²) in [4.78, 5) is 53.9. The number of aliphatic hydroxyl groups is 1. The Bertz CT molecular complexity index is 1350. The summed E-state index contributed by atoms with van der Waals surface area (Å²) in [5, 5.41) is 17.5. The Morgan fingerprint density at radius 3 is 1.30 bits per heavy atom. The third-order valence-corrected chi connectivity index (χ3v) is 11.6. The Balaban J connectivity index is -0.0000000522. The van der Waals surface area contributed by atoms with Crippen molar-refractivity contribution >= 4 is 61.0 Å². The van der Waals surface area contributed by atoms with E-state index in [2.05, 4.69) is 83.9 Å². The van der Waals surface area contributed by atoms with E-state index >= 15 is 0 Å². The molecule has 0 saturated carbocycles. The quantitative estimate of drug-likeness (QED) is 0.0116. The number of carbonyl (C=O) groups is 5. The van der Waals surface area contributed by atoms with E-state index in [9.17, 15) is 28.5 Å². The molecule has 21 heteroatoms. The molecule has 0 amide bonds. The van der Waals surface area contributed by atoms with E-state index in [4.69, 9.17) is 10.2 Å². The standard InChI is InChI=1S/C11H21O2.C11H19O2.C10H19O2.C8H16O4P.C8H15O.C8H13O.C2H6O.HI.6W/c2*1-4-5-6-7-8-10(2)9-11(12)13-3;1-3-4-5-6-7-9(2)8-10(11)12;1-4-5-6-8(9)7-13(10,11-2)12-3;2*1-3-5-7-8(9)6-4-2;1-3-2;;;;;;;/h10H,1,4-9H2,2-3H3;7-8,10H,1,4-6,9H2,2-3H3;9H,1,3-8H2,2H3,(H,11,12);1,4-7H2,2-3H3;4,6,8-9H,1,3,5,7H2,2H3;4,6H,1,3,5,7H2,2H3;1-2H3;1H;;;;;;/q6*-1;;;;;;;;/b;8-7+;;;2*6-4+;;;;;;;;. The number of hydrogen-bond acceptors (Lipinski definition) is 12. The van der Waals surface area contributed by atoms with Gasteiger partial charge in [-0.25, -0.2) is 0 Å². The van der Waals surface area contributed by atoms with E-state index in [1.165, 1.54) is 60.5 Å². The van der Waals surface area contributed by atoms with Gasteiger partial charge in [0.15, 0.2) is 5.78 Å². The van der Waals surface area contributed by atoms with Gasteiger partial charge in [0.1, 0.15) is 11.9 Å². The fourth-order valence-corrected chi connectivity index (χ4v) is 6.63. The topological polar surface area (TPSA) is 189 Å². The van der Waals surface area contributed by atoms with Crippen LogP contribution in [0.25, 0.3) is 0 Å². The number of ketones is 2. The number of methoxy groups -OCH3 is 3. The Morgan fingerprint density at radius 1 is 0.532 bits per heavy atom. The first-order chi connectivity index (χ1) is 34.2. The molecule has 0 fully saturated rings. The van der Waals surface area contributed by atoms with E-state index < -0.39 is 13.6 Å². The number of hydrogen-bond donors (Lipinski definition) is 2. The molecule has 0 aliphatic heterocycles. The number of esters is 2. The van der Waals surface area contributed by atoms with Crippen LogP contribution in [0, 0.1) is 59.3 Å². The van der Waals surface area contributed by atoms with Crippen LogP contribution >= 0.6 is 31.6 Å². The Morgan fingerprint density at radius 2 is 0.937 bits per heavy atom. The number of allylic oxidation sites excluding steroid dienone is 5. The number of halogens is 1. The van der Waals surface area contributed by atoms with Gasteiger partial charge < -0.3 is 75.0 Å². The molecule has 0 spiro atoms. The largest absolute Gasteiger partial charge is 0.481 e. The van der Waals surface area contributed by atoms with Crippen molar-refractivity contribution in [2.45, 2.75) is 201 Å². The minimum absolute atomic E-state index is 0. The first-order valence-electron chi connectivity index (χ1n) is 26.0.